The molecule has 6 aliphatic rings. The number of anilines is 1. The Morgan fingerprint density at radius 1 is 1.02 bits per heavy atom. The second-order valence-electron chi connectivity index (χ2n) is 18.3. The highest BCUT2D eigenvalue weighted by atomic mass is 19.3. The molecule has 3 fully saturated rings. The molecule has 2 unspecified atom stereocenters. The third-order valence-corrected chi connectivity index (χ3v) is 15.6. The van der Waals surface area contributed by atoms with Crippen molar-refractivity contribution in [2.24, 2.45) is 17.3 Å². The van der Waals surface area contributed by atoms with E-state index in [1.807, 2.05) is 67.4 Å². The number of H-pyrrole nitrogens is 1. The van der Waals surface area contributed by atoms with Crippen molar-refractivity contribution in [2.75, 3.05) is 66.0 Å². The van der Waals surface area contributed by atoms with Crippen LogP contribution in [0.25, 0.3) is 10.9 Å². The number of aliphatic hydroxyl groups is 1. The third-order valence-electron chi connectivity index (χ3n) is 15.6. The van der Waals surface area contributed by atoms with Gasteiger partial charge in [-0.25, -0.2) is 13.6 Å². The number of rotatable bonds is 7. The summed E-state index contributed by atoms with van der Waals surface area (Å²) in [5, 5.41) is 14.2. The lowest BCUT2D eigenvalue weighted by atomic mass is 9.47. The molecule has 10 atom stereocenters. The van der Waals surface area contributed by atoms with E-state index in [2.05, 4.69) is 14.8 Å². The summed E-state index contributed by atoms with van der Waals surface area (Å²) in [6.45, 7) is 6.80. The maximum Gasteiger partial charge on any atom is 0.344 e. The van der Waals surface area contributed by atoms with Gasteiger partial charge in [0.15, 0.2) is 6.10 Å². The largest absolute Gasteiger partial charge is 0.496 e. The number of carbonyl (C=O) groups excluding carboxylic acids is 3. The van der Waals surface area contributed by atoms with E-state index >= 15 is 13.6 Å². The van der Waals surface area contributed by atoms with Crippen LogP contribution in [0.3, 0.4) is 0 Å². The van der Waals surface area contributed by atoms with Gasteiger partial charge in [-0.15, -0.1) is 0 Å². The highest BCUT2D eigenvalue weighted by molar-refractivity contribution is 5.95. The number of nitrogens with zero attached hydrogens (tertiary/aromatic N) is 3. The highest BCUT2D eigenvalue weighted by Crippen LogP contribution is 2.68. The normalized spacial score (nSPS) is 35.6. The lowest BCUT2D eigenvalue weighted by Crippen LogP contribution is -2.81. The summed E-state index contributed by atoms with van der Waals surface area (Å²) in [5.41, 5.74) is -1.52. The molecule has 1 saturated carbocycles. The minimum atomic E-state index is -2.93. The van der Waals surface area contributed by atoms with Crippen molar-refractivity contribution in [2.45, 2.75) is 93.4 Å². The molecule has 6 heterocycles. The molecule has 5 aliphatic heterocycles. The van der Waals surface area contributed by atoms with E-state index in [1.165, 1.54) is 21.1 Å². The van der Waals surface area contributed by atoms with Crippen LogP contribution in [0.2, 0.25) is 0 Å². The van der Waals surface area contributed by atoms with Crippen LogP contribution < -0.4 is 9.64 Å². The quantitative estimate of drug-likeness (QED) is 0.187. The number of ether oxygens (including phenoxy) is 4. The monoisotopic (exact) mass is 830 g/mol. The summed E-state index contributed by atoms with van der Waals surface area (Å²) in [7, 11) is 5.96. The molecule has 1 aromatic heterocycles. The fraction of sp³-hybridized carbons (Fsp3) is 0.587. The van der Waals surface area contributed by atoms with Gasteiger partial charge < -0.3 is 38.8 Å². The van der Waals surface area contributed by atoms with Crippen molar-refractivity contribution in [3.8, 4) is 5.75 Å². The van der Waals surface area contributed by atoms with Crippen molar-refractivity contribution in [3.05, 3.63) is 70.9 Å². The first kappa shape index (κ1) is 40.9. The molecule has 60 heavy (non-hydrogen) atoms. The molecular formula is C46H56F2N4O8. The van der Waals surface area contributed by atoms with Gasteiger partial charge in [-0.3, -0.25) is 14.5 Å². The molecule has 9 rings (SSSR count). The van der Waals surface area contributed by atoms with E-state index in [-0.39, 0.29) is 31.3 Å². The second-order valence-corrected chi connectivity index (χ2v) is 18.3. The summed E-state index contributed by atoms with van der Waals surface area (Å²) in [6, 6.07) is 10.5. The number of hydrogen-bond donors (Lipinski definition) is 2. The van der Waals surface area contributed by atoms with Gasteiger partial charge in [-0.05, 0) is 74.8 Å². The fourth-order valence-electron chi connectivity index (χ4n) is 13.4. The van der Waals surface area contributed by atoms with Gasteiger partial charge in [0, 0.05) is 96.9 Å². The number of carbonyl (C=O) groups is 3. The molecule has 2 saturated heterocycles. The molecule has 3 aromatic rings. The summed E-state index contributed by atoms with van der Waals surface area (Å²) in [5.74, 6) is -5.90. The zero-order valence-electron chi connectivity index (χ0n) is 35.5. The van der Waals surface area contributed by atoms with E-state index in [1.54, 1.807) is 7.11 Å². The van der Waals surface area contributed by atoms with Gasteiger partial charge in [-0.2, -0.15) is 0 Å². The standard InChI is InChI=1S/C46H56F2N4O8/c1-8-43-15-11-17-52-19-16-44(37(43)52)31-21-32(35(57-5)22-34(31)50(4)38(44)46(56,41(55)59-7)39(43)60-26(2)53)45(40(54)58-6)23-27-20-28(42(3,47)48)25-51(24-27)18-14-30-29-12-9-10-13-33(29)49-36(30)45/h9-13,15,21-22,27-28,37-39,49,56H,8,14,16-20,23-25H2,1-7H3/t27-,28?,37+,38-,39-,43-,44-,45+,46+/m1/s1. The van der Waals surface area contributed by atoms with Crippen LogP contribution in [0.4, 0.5) is 14.5 Å². The van der Waals surface area contributed by atoms with Crippen molar-refractivity contribution < 1.29 is 47.2 Å². The molecule has 2 bridgehead atoms. The summed E-state index contributed by atoms with van der Waals surface area (Å²) < 4.78 is 54.5. The van der Waals surface area contributed by atoms with Gasteiger partial charge in [-0.1, -0.05) is 37.3 Å². The Balaban J connectivity index is 1.36. The Kier molecular flexibility index (Phi) is 9.53. The number of methoxy groups -OCH3 is 3. The average Bonchev–Trinajstić information content (AvgIpc) is 3.89. The number of aromatic nitrogens is 1. The number of alkyl halides is 2. The molecule has 0 radical (unpaired) electrons. The lowest BCUT2D eigenvalue weighted by molar-refractivity contribution is -0.228. The van der Waals surface area contributed by atoms with Crippen LogP contribution in [0.1, 0.15) is 68.8 Å². The van der Waals surface area contributed by atoms with Crippen LogP contribution in [0.5, 0.6) is 5.75 Å². The number of fused-ring (bicyclic) bond motifs is 6. The van der Waals surface area contributed by atoms with Crippen molar-refractivity contribution in [3.63, 3.8) is 0 Å². The van der Waals surface area contributed by atoms with Crippen LogP contribution in [-0.4, -0.2) is 129 Å². The summed E-state index contributed by atoms with van der Waals surface area (Å²) >= 11 is 0. The predicted molar refractivity (Wildman–Crippen MR) is 219 cm³/mol. The zero-order chi connectivity index (χ0) is 42.7. The lowest BCUT2D eigenvalue weighted by Gasteiger charge is -2.63. The molecule has 2 N–H and O–H groups in total. The number of esters is 3. The average molecular weight is 831 g/mol. The molecular weight excluding hydrogens is 775 g/mol. The fourth-order valence-corrected chi connectivity index (χ4v) is 13.4. The number of hydrogen-bond acceptors (Lipinski definition) is 11. The third kappa shape index (κ3) is 5.31. The van der Waals surface area contributed by atoms with Crippen LogP contribution in [0.15, 0.2) is 48.6 Å². The highest BCUT2D eigenvalue weighted by Gasteiger charge is 2.80. The van der Waals surface area contributed by atoms with Gasteiger partial charge in [0.2, 0.25) is 11.5 Å². The molecule has 2 aromatic carbocycles. The molecule has 0 amide bonds. The van der Waals surface area contributed by atoms with Crippen molar-refractivity contribution >= 4 is 34.5 Å². The van der Waals surface area contributed by atoms with Gasteiger partial charge in [0.25, 0.3) is 0 Å². The molecule has 14 heteroatoms. The van der Waals surface area contributed by atoms with Crippen LogP contribution in [-0.2, 0) is 45.8 Å². The number of para-hydroxylation sites is 1. The second kappa shape index (κ2) is 14.0. The Morgan fingerprint density at radius 3 is 2.45 bits per heavy atom. The number of benzene rings is 2. The predicted octanol–water partition coefficient (Wildman–Crippen LogP) is 5.12. The summed E-state index contributed by atoms with van der Waals surface area (Å²) in [4.78, 5) is 52.7. The van der Waals surface area contributed by atoms with Crippen molar-refractivity contribution in [1.29, 1.82) is 0 Å². The number of likely N-dealkylation sites (N-methyl/N-ethyl adjacent to an activating group) is 1. The molecule has 322 valence electrons. The van der Waals surface area contributed by atoms with E-state index in [9.17, 15) is 14.7 Å². The molecule has 12 nitrogen and oxygen atoms in total. The molecule has 1 spiro atoms. The van der Waals surface area contributed by atoms with Crippen molar-refractivity contribution in [1.82, 2.24) is 14.8 Å². The number of nitrogens with one attached hydrogen (secondary N) is 1. The topological polar surface area (TPSA) is 134 Å². The first-order valence-electron chi connectivity index (χ1n) is 21.2. The van der Waals surface area contributed by atoms with E-state index in [0.29, 0.717) is 68.1 Å². The first-order chi connectivity index (χ1) is 28.6. The van der Waals surface area contributed by atoms with Gasteiger partial charge >= 0.3 is 17.9 Å². The molecule has 1 aliphatic carbocycles. The maximum absolute atomic E-state index is 15.4. The van der Waals surface area contributed by atoms with E-state index in [4.69, 9.17) is 18.9 Å². The number of aromatic amines is 1. The van der Waals surface area contributed by atoms with Gasteiger partial charge in [0.1, 0.15) is 11.2 Å². The minimum Gasteiger partial charge on any atom is -0.496 e. The Morgan fingerprint density at radius 2 is 1.77 bits per heavy atom. The van der Waals surface area contributed by atoms with Crippen LogP contribution in [0, 0.1) is 17.3 Å². The van der Waals surface area contributed by atoms with Crippen LogP contribution >= 0.6 is 0 Å². The minimum absolute atomic E-state index is 0.155. The first-order valence-corrected chi connectivity index (χ1v) is 21.2. The Labute approximate surface area is 349 Å². The SMILES string of the molecule is CC[C@]12C=CCN3CC[C@@]4(c5cc([C@@]6(C(=O)OC)C[C@H]7CC(C(C)(F)F)CN(CCc8c6[nH]c6ccccc86)C7)c(OC)cc5N(C)[C@H]4[C@@](O)(C(=O)OC)[C@@H]1OC(C)=O)[C@@H]32. The van der Waals surface area contributed by atoms with E-state index < -0.39 is 63.7 Å². The summed E-state index contributed by atoms with van der Waals surface area (Å²) in [6.07, 6.45) is 4.54. The Hall–Kier alpha value is -4.53. The van der Waals surface area contributed by atoms with Gasteiger partial charge in [0.05, 0.1) is 27.4 Å². The zero-order valence-corrected chi connectivity index (χ0v) is 35.5. The number of piperidine rings is 1. The van der Waals surface area contributed by atoms with E-state index in [0.717, 1.165) is 29.0 Å². The number of halogens is 2. The smallest absolute Gasteiger partial charge is 0.344 e. The Bertz CT molecular complexity index is 2290. The maximum atomic E-state index is 15.4.